The number of anilines is 1. The second kappa shape index (κ2) is 5.71. The predicted octanol–water partition coefficient (Wildman–Crippen LogP) is 3.29. The van der Waals surface area contributed by atoms with Crippen LogP contribution in [0.4, 0.5) is 18.9 Å². The summed E-state index contributed by atoms with van der Waals surface area (Å²) in [6.07, 6.45) is -1.66. The number of nitriles is 1. The normalized spacial score (nSPS) is 23.1. The zero-order valence-corrected chi connectivity index (χ0v) is 10.7. The fourth-order valence-electron chi connectivity index (χ4n) is 2.47. The van der Waals surface area contributed by atoms with E-state index in [1.54, 1.807) is 6.07 Å². The van der Waals surface area contributed by atoms with Crippen molar-refractivity contribution in [3.8, 4) is 6.07 Å². The summed E-state index contributed by atoms with van der Waals surface area (Å²) in [6, 6.07) is 4.77. The van der Waals surface area contributed by atoms with Gasteiger partial charge in [-0.2, -0.15) is 18.4 Å². The Bertz CT molecular complexity index is 522. The Morgan fingerprint density at radius 2 is 1.95 bits per heavy atom. The minimum absolute atomic E-state index is 0.174. The molecule has 0 bridgehead atoms. The van der Waals surface area contributed by atoms with Gasteiger partial charge in [-0.3, -0.25) is 0 Å². The molecule has 1 aromatic rings. The highest BCUT2D eigenvalue weighted by Gasteiger charge is 2.33. The summed E-state index contributed by atoms with van der Waals surface area (Å²) in [4.78, 5) is 0. The molecule has 1 aromatic carbocycles. The molecule has 0 aromatic heterocycles. The van der Waals surface area contributed by atoms with E-state index in [2.05, 4.69) is 5.32 Å². The third-order valence-electron chi connectivity index (χ3n) is 3.53. The van der Waals surface area contributed by atoms with E-state index in [-0.39, 0.29) is 6.04 Å². The van der Waals surface area contributed by atoms with Gasteiger partial charge in [-0.25, -0.2) is 0 Å². The first-order valence-corrected chi connectivity index (χ1v) is 6.48. The molecule has 0 aliphatic heterocycles. The van der Waals surface area contributed by atoms with E-state index in [1.165, 1.54) is 12.1 Å². The number of halogens is 3. The second-order valence-electron chi connectivity index (χ2n) is 4.97. The Balaban J connectivity index is 2.20. The average molecular weight is 284 g/mol. The zero-order chi connectivity index (χ0) is 14.8. The van der Waals surface area contributed by atoms with Gasteiger partial charge in [0.2, 0.25) is 0 Å². The molecule has 2 unspecified atom stereocenters. The molecule has 1 fully saturated rings. The van der Waals surface area contributed by atoms with Crippen molar-refractivity contribution in [1.82, 2.24) is 0 Å². The van der Waals surface area contributed by atoms with Gasteiger partial charge in [0.25, 0.3) is 0 Å². The molecule has 2 atom stereocenters. The molecule has 0 radical (unpaired) electrons. The second-order valence-corrected chi connectivity index (χ2v) is 4.97. The Morgan fingerprint density at radius 1 is 1.25 bits per heavy atom. The number of benzene rings is 1. The lowest BCUT2D eigenvalue weighted by Crippen LogP contribution is -2.36. The summed E-state index contributed by atoms with van der Waals surface area (Å²) in [5, 5.41) is 21.7. The Morgan fingerprint density at radius 3 is 2.55 bits per heavy atom. The fourth-order valence-corrected chi connectivity index (χ4v) is 2.47. The lowest BCUT2D eigenvalue weighted by Gasteiger charge is -2.29. The molecule has 6 heteroatoms. The molecule has 0 saturated heterocycles. The van der Waals surface area contributed by atoms with Crippen molar-refractivity contribution in [3.63, 3.8) is 0 Å². The molecule has 108 valence electrons. The van der Waals surface area contributed by atoms with Crippen LogP contribution < -0.4 is 5.32 Å². The van der Waals surface area contributed by atoms with Crippen LogP contribution in [0.1, 0.15) is 36.8 Å². The van der Waals surface area contributed by atoms with Crippen LogP contribution in [-0.4, -0.2) is 17.3 Å². The highest BCUT2D eigenvalue weighted by molar-refractivity contribution is 5.54. The summed E-state index contributed by atoms with van der Waals surface area (Å²) in [5.74, 6) is 0. The van der Waals surface area contributed by atoms with E-state index < -0.39 is 23.4 Å². The minimum Gasteiger partial charge on any atom is -0.391 e. The number of hydrogen-bond acceptors (Lipinski definition) is 3. The van der Waals surface area contributed by atoms with Crippen LogP contribution in [0.15, 0.2) is 18.2 Å². The predicted molar refractivity (Wildman–Crippen MR) is 68.0 cm³/mol. The number of alkyl halides is 3. The fraction of sp³-hybridized carbons (Fsp3) is 0.500. The first kappa shape index (κ1) is 14.7. The number of nitrogens with one attached hydrogen (secondary N) is 1. The van der Waals surface area contributed by atoms with Crippen LogP contribution in [-0.2, 0) is 6.18 Å². The van der Waals surface area contributed by atoms with E-state index in [9.17, 15) is 18.3 Å². The molecule has 2 rings (SSSR count). The highest BCUT2D eigenvalue weighted by atomic mass is 19.4. The van der Waals surface area contributed by atoms with Crippen molar-refractivity contribution in [2.24, 2.45) is 0 Å². The van der Waals surface area contributed by atoms with E-state index in [4.69, 9.17) is 5.26 Å². The van der Waals surface area contributed by atoms with Crippen LogP contribution >= 0.6 is 0 Å². The maximum Gasteiger partial charge on any atom is 0.417 e. The number of aliphatic hydroxyl groups excluding tert-OH is 1. The number of hydrogen-bond donors (Lipinski definition) is 2. The third kappa shape index (κ3) is 3.23. The monoisotopic (exact) mass is 284 g/mol. The first-order valence-electron chi connectivity index (χ1n) is 6.48. The van der Waals surface area contributed by atoms with E-state index in [1.807, 2.05) is 0 Å². The van der Waals surface area contributed by atoms with Crippen LogP contribution in [0, 0.1) is 11.3 Å². The largest absolute Gasteiger partial charge is 0.417 e. The first-order chi connectivity index (χ1) is 9.41. The number of aliphatic hydroxyl groups is 1. The van der Waals surface area contributed by atoms with E-state index >= 15 is 0 Å². The SMILES string of the molecule is N#Cc1cc(NC2CCCCC2O)ccc1C(F)(F)F. The van der Waals surface area contributed by atoms with Gasteiger partial charge < -0.3 is 10.4 Å². The van der Waals surface area contributed by atoms with Gasteiger partial charge in [-0.1, -0.05) is 12.8 Å². The Hall–Kier alpha value is -1.74. The van der Waals surface area contributed by atoms with Gasteiger partial charge >= 0.3 is 6.18 Å². The molecule has 0 heterocycles. The molecule has 2 N–H and O–H groups in total. The van der Waals surface area contributed by atoms with E-state index in [0.717, 1.165) is 25.3 Å². The third-order valence-corrected chi connectivity index (χ3v) is 3.53. The van der Waals surface area contributed by atoms with Gasteiger partial charge in [0.05, 0.1) is 29.3 Å². The molecule has 1 saturated carbocycles. The average Bonchev–Trinajstić information content (AvgIpc) is 2.40. The molecule has 3 nitrogen and oxygen atoms in total. The quantitative estimate of drug-likeness (QED) is 0.876. The summed E-state index contributed by atoms with van der Waals surface area (Å²) in [7, 11) is 0. The topological polar surface area (TPSA) is 56.0 Å². The smallest absolute Gasteiger partial charge is 0.391 e. The van der Waals surface area contributed by atoms with Gasteiger partial charge in [0, 0.05) is 5.69 Å². The molecular formula is C14H15F3N2O. The zero-order valence-electron chi connectivity index (χ0n) is 10.7. The van der Waals surface area contributed by atoms with Crippen molar-refractivity contribution >= 4 is 5.69 Å². The molecule has 1 aliphatic carbocycles. The van der Waals surface area contributed by atoms with Crippen LogP contribution in [0.3, 0.4) is 0 Å². The van der Waals surface area contributed by atoms with Gasteiger partial charge in [-0.05, 0) is 31.0 Å². The van der Waals surface area contributed by atoms with Crippen molar-refractivity contribution < 1.29 is 18.3 Å². The lowest BCUT2D eigenvalue weighted by molar-refractivity contribution is -0.137. The number of nitrogens with zero attached hydrogens (tertiary/aromatic N) is 1. The van der Waals surface area contributed by atoms with Crippen LogP contribution in [0.25, 0.3) is 0 Å². The van der Waals surface area contributed by atoms with Gasteiger partial charge in [0.15, 0.2) is 0 Å². The highest BCUT2D eigenvalue weighted by Crippen LogP contribution is 2.33. The lowest BCUT2D eigenvalue weighted by atomic mass is 9.92. The van der Waals surface area contributed by atoms with Gasteiger partial charge in [-0.15, -0.1) is 0 Å². The summed E-state index contributed by atoms with van der Waals surface area (Å²) < 4.78 is 38.0. The molecular weight excluding hydrogens is 269 g/mol. The molecule has 20 heavy (non-hydrogen) atoms. The molecule has 0 amide bonds. The summed E-state index contributed by atoms with van der Waals surface area (Å²) >= 11 is 0. The summed E-state index contributed by atoms with van der Waals surface area (Å²) in [5.41, 5.74) is -0.914. The van der Waals surface area contributed by atoms with Crippen molar-refractivity contribution in [2.45, 2.75) is 44.0 Å². The van der Waals surface area contributed by atoms with E-state index in [0.29, 0.717) is 12.1 Å². The molecule has 0 spiro atoms. The summed E-state index contributed by atoms with van der Waals surface area (Å²) in [6.45, 7) is 0. The van der Waals surface area contributed by atoms with Crippen LogP contribution in [0.5, 0.6) is 0 Å². The van der Waals surface area contributed by atoms with Crippen molar-refractivity contribution in [3.05, 3.63) is 29.3 Å². The van der Waals surface area contributed by atoms with Gasteiger partial charge in [0.1, 0.15) is 0 Å². The maximum absolute atomic E-state index is 12.7. The number of rotatable bonds is 2. The maximum atomic E-state index is 12.7. The Kier molecular flexibility index (Phi) is 4.19. The van der Waals surface area contributed by atoms with Crippen LogP contribution in [0.2, 0.25) is 0 Å². The van der Waals surface area contributed by atoms with Crippen molar-refractivity contribution in [2.75, 3.05) is 5.32 Å². The minimum atomic E-state index is -4.53. The van der Waals surface area contributed by atoms with Crippen molar-refractivity contribution in [1.29, 1.82) is 5.26 Å². The molecule has 1 aliphatic rings. The standard InChI is InChI=1S/C14H15F3N2O/c15-14(16,17)11-6-5-10(7-9(11)8-18)19-12-3-1-2-4-13(12)20/h5-7,12-13,19-20H,1-4H2. The Labute approximate surface area is 115 Å².